The number of aliphatic hydroxyl groups is 1. The highest BCUT2D eigenvalue weighted by Gasteiger charge is 2.24. The van der Waals surface area contributed by atoms with E-state index in [4.69, 9.17) is 10.00 Å². The number of nitriles is 1. The number of alkyl carbamates (subject to hydrolysis) is 1. The molecule has 0 aliphatic heterocycles. The molecule has 2 atom stereocenters. The van der Waals surface area contributed by atoms with Crippen LogP contribution in [0.15, 0.2) is 30.3 Å². The molecule has 5 heteroatoms. The summed E-state index contributed by atoms with van der Waals surface area (Å²) in [6, 6.07) is 10.3. The second kappa shape index (κ2) is 7.39. The molecule has 1 rings (SSSR count). The van der Waals surface area contributed by atoms with Crippen LogP contribution in [0.5, 0.6) is 0 Å². The summed E-state index contributed by atoms with van der Waals surface area (Å²) < 4.78 is 5.03. The van der Waals surface area contributed by atoms with E-state index in [1.54, 1.807) is 6.07 Å². The fourth-order valence-corrected chi connectivity index (χ4v) is 1.59. The SMILES string of the molecule is CC(C)C(NC(=O)OCc1ccccc1)[C@H](O)C#N. The van der Waals surface area contributed by atoms with Crippen LogP contribution in [0.2, 0.25) is 0 Å². The minimum atomic E-state index is -1.25. The van der Waals surface area contributed by atoms with Gasteiger partial charge in [-0.25, -0.2) is 4.79 Å². The van der Waals surface area contributed by atoms with Crippen LogP contribution < -0.4 is 5.32 Å². The Morgan fingerprint density at radius 1 is 1.42 bits per heavy atom. The van der Waals surface area contributed by atoms with Gasteiger partial charge in [-0.15, -0.1) is 0 Å². The summed E-state index contributed by atoms with van der Waals surface area (Å²) >= 11 is 0. The second-order valence-electron chi connectivity index (χ2n) is 4.55. The lowest BCUT2D eigenvalue weighted by Gasteiger charge is -2.22. The topological polar surface area (TPSA) is 82.3 Å². The molecule has 0 saturated heterocycles. The van der Waals surface area contributed by atoms with Crippen LogP contribution in [0, 0.1) is 17.2 Å². The quantitative estimate of drug-likeness (QED) is 0.793. The van der Waals surface area contributed by atoms with Crippen molar-refractivity contribution in [2.45, 2.75) is 32.6 Å². The summed E-state index contributed by atoms with van der Waals surface area (Å²) in [5, 5.41) is 20.7. The molecule has 19 heavy (non-hydrogen) atoms. The molecule has 1 amide bonds. The fourth-order valence-electron chi connectivity index (χ4n) is 1.59. The molecule has 0 aliphatic carbocycles. The predicted octanol–water partition coefficient (Wildman–Crippen LogP) is 1.82. The third-order valence-corrected chi connectivity index (χ3v) is 2.69. The molecule has 0 bridgehead atoms. The molecule has 1 unspecified atom stereocenters. The van der Waals surface area contributed by atoms with E-state index in [0.717, 1.165) is 5.56 Å². The Morgan fingerprint density at radius 2 is 2.05 bits per heavy atom. The maximum Gasteiger partial charge on any atom is 0.407 e. The lowest BCUT2D eigenvalue weighted by atomic mass is 10.00. The van der Waals surface area contributed by atoms with Crippen molar-refractivity contribution in [3.05, 3.63) is 35.9 Å². The maximum absolute atomic E-state index is 11.6. The minimum absolute atomic E-state index is 0.0704. The van der Waals surface area contributed by atoms with E-state index in [2.05, 4.69) is 5.32 Å². The van der Waals surface area contributed by atoms with E-state index in [9.17, 15) is 9.90 Å². The normalized spacial score (nSPS) is 13.4. The van der Waals surface area contributed by atoms with Crippen molar-refractivity contribution < 1.29 is 14.6 Å². The lowest BCUT2D eigenvalue weighted by molar-refractivity contribution is 0.109. The summed E-state index contributed by atoms with van der Waals surface area (Å²) in [7, 11) is 0. The van der Waals surface area contributed by atoms with Crippen molar-refractivity contribution in [1.29, 1.82) is 5.26 Å². The fraction of sp³-hybridized carbons (Fsp3) is 0.429. The molecule has 0 spiro atoms. The zero-order chi connectivity index (χ0) is 14.3. The number of aliphatic hydroxyl groups excluding tert-OH is 1. The van der Waals surface area contributed by atoms with Gasteiger partial charge in [-0.2, -0.15) is 5.26 Å². The molecule has 0 heterocycles. The molecule has 2 N–H and O–H groups in total. The number of ether oxygens (including phenoxy) is 1. The Hall–Kier alpha value is -2.06. The molecule has 102 valence electrons. The van der Waals surface area contributed by atoms with Crippen LogP contribution in [0.25, 0.3) is 0 Å². The second-order valence-corrected chi connectivity index (χ2v) is 4.55. The number of nitrogens with one attached hydrogen (secondary N) is 1. The van der Waals surface area contributed by atoms with E-state index >= 15 is 0 Å². The van der Waals surface area contributed by atoms with Crippen molar-refractivity contribution in [3.63, 3.8) is 0 Å². The van der Waals surface area contributed by atoms with Crippen LogP contribution >= 0.6 is 0 Å². The molecule has 0 fully saturated rings. The number of amides is 1. The van der Waals surface area contributed by atoms with Gasteiger partial charge < -0.3 is 15.2 Å². The smallest absolute Gasteiger partial charge is 0.407 e. The molecule has 5 nitrogen and oxygen atoms in total. The molecule has 1 aromatic carbocycles. The van der Waals surface area contributed by atoms with Crippen LogP contribution in [0.3, 0.4) is 0 Å². The van der Waals surface area contributed by atoms with E-state index in [0.29, 0.717) is 0 Å². The first-order valence-corrected chi connectivity index (χ1v) is 6.09. The van der Waals surface area contributed by atoms with Crippen molar-refractivity contribution >= 4 is 6.09 Å². The Balaban J connectivity index is 2.48. The standard InChI is InChI=1S/C14H18N2O3/c1-10(2)13(12(17)8-15)16-14(18)19-9-11-6-4-3-5-7-11/h3-7,10,12-13,17H,9H2,1-2H3,(H,16,18)/t12-,13?/m1/s1. The number of carbonyl (C=O) groups is 1. The summed E-state index contributed by atoms with van der Waals surface area (Å²) in [5.74, 6) is -0.0704. The van der Waals surface area contributed by atoms with E-state index in [1.807, 2.05) is 44.2 Å². The zero-order valence-corrected chi connectivity index (χ0v) is 11.0. The van der Waals surface area contributed by atoms with Crippen LogP contribution in [0.4, 0.5) is 4.79 Å². The molecule has 0 aromatic heterocycles. The summed E-state index contributed by atoms with van der Waals surface area (Å²) in [6.07, 6.45) is -1.89. The van der Waals surface area contributed by atoms with E-state index < -0.39 is 18.2 Å². The van der Waals surface area contributed by atoms with Gasteiger partial charge in [-0.1, -0.05) is 44.2 Å². The zero-order valence-electron chi connectivity index (χ0n) is 11.0. The summed E-state index contributed by atoms with van der Waals surface area (Å²) in [6.45, 7) is 3.77. The van der Waals surface area contributed by atoms with Crippen LogP contribution in [-0.4, -0.2) is 23.3 Å². The van der Waals surface area contributed by atoms with Crippen molar-refractivity contribution in [1.82, 2.24) is 5.32 Å². The Morgan fingerprint density at radius 3 is 2.58 bits per heavy atom. The Bertz CT molecular complexity index is 440. The number of hydrogen-bond donors (Lipinski definition) is 2. The number of hydrogen-bond acceptors (Lipinski definition) is 4. The number of nitrogens with zero attached hydrogens (tertiary/aromatic N) is 1. The first-order valence-electron chi connectivity index (χ1n) is 6.09. The third-order valence-electron chi connectivity index (χ3n) is 2.69. The predicted molar refractivity (Wildman–Crippen MR) is 70.0 cm³/mol. The highest BCUT2D eigenvalue weighted by molar-refractivity contribution is 5.67. The number of rotatable bonds is 5. The van der Waals surface area contributed by atoms with Crippen molar-refractivity contribution in [2.24, 2.45) is 5.92 Å². The van der Waals surface area contributed by atoms with Gasteiger partial charge in [0.2, 0.25) is 0 Å². The van der Waals surface area contributed by atoms with E-state index in [1.165, 1.54) is 0 Å². The molecule has 0 radical (unpaired) electrons. The van der Waals surface area contributed by atoms with Gasteiger partial charge in [0.1, 0.15) is 6.61 Å². The van der Waals surface area contributed by atoms with Crippen molar-refractivity contribution in [3.8, 4) is 6.07 Å². The molecule has 0 saturated carbocycles. The lowest BCUT2D eigenvalue weighted by Crippen LogP contribution is -2.46. The molecule has 0 aliphatic rings. The van der Waals surface area contributed by atoms with Crippen LogP contribution in [0.1, 0.15) is 19.4 Å². The first-order chi connectivity index (χ1) is 9.04. The van der Waals surface area contributed by atoms with Gasteiger partial charge in [-0.05, 0) is 11.5 Å². The third kappa shape index (κ3) is 4.98. The average Bonchev–Trinajstić information content (AvgIpc) is 2.42. The van der Waals surface area contributed by atoms with Gasteiger partial charge >= 0.3 is 6.09 Å². The summed E-state index contributed by atoms with van der Waals surface area (Å²) in [4.78, 5) is 11.6. The van der Waals surface area contributed by atoms with E-state index in [-0.39, 0.29) is 12.5 Å². The monoisotopic (exact) mass is 262 g/mol. The van der Waals surface area contributed by atoms with Crippen LogP contribution in [-0.2, 0) is 11.3 Å². The largest absolute Gasteiger partial charge is 0.445 e. The number of benzene rings is 1. The minimum Gasteiger partial charge on any atom is -0.445 e. The van der Waals surface area contributed by atoms with Gasteiger partial charge in [-0.3, -0.25) is 0 Å². The molecule has 1 aromatic rings. The van der Waals surface area contributed by atoms with Gasteiger partial charge in [0.05, 0.1) is 12.1 Å². The maximum atomic E-state index is 11.6. The molecular weight excluding hydrogens is 244 g/mol. The van der Waals surface area contributed by atoms with Gasteiger partial charge in [0, 0.05) is 0 Å². The highest BCUT2D eigenvalue weighted by atomic mass is 16.5. The first kappa shape index (κ1) is 15.0. The van der Waals surface area contributed by atoms with Crippen molar-refractivity contribution in [2.75, 3.05) is 0 Å². The average molecular weight is 262 g/mol. The summed E-state index contributed by atoms with van der Waals surface area (Å²) in [5.41, 5.74) is 0.875. The Labute approximate surface area is 112 Å². The molecular formula is C14H18N2O3. The number of carbonyl (C=O) groups excluding carboxylic acids is 1. The van der Waals surface area contributed by atoms with Gasteiger partial charge in [0.25, 0.3) is 0 Å². The van der Waals surface area contributed by atoms with Gasteiger partial charge in [0.15, 0.2) is 6.10 Å². The Kier molecular flexibility index (Phi) is 5.83. The highest BCUT2D eigenvalue weighted by Crippen LogP contribution is 2.07.